The lowest BCUT2D eigenvalue weighted by Gasteiger charge is -2.17. The molecule has 112 valence electrons. The normalized spacial score (nSPS) is 19.2. The highest BCUT2D eigenvalue weighted by Crippen LogP contribution is 2.12. The summed E-state index contributed by atoms with van der Waals surface area (Å²) in [6, 6.07) is 3.63. The minimum atomic E-state index is -1.04. The van der Waals surface area contributed by atoms with Crippen molar-refractivity contribution in [2.45, 2.75) is 19.3 Å². The smallest absolute Gasteiger partial charge is 0.426 e. The van der Waals surface area contributed by atoms with Gasteiger partial charge in [-0.15, -0.1) is 11.3 Å². The Morgan fingerprint density at radius 3 is 3.24 bits per heavy atom. The fourth-order valence-electron chi connectivity index (χ4n) is 1.81. The molecule has 0 aromatic carbocycles. The number of carbonyl (C=O) groups is 1. The molecule has 1 aromatic rings. The van der Waals surface area contributed by atoms with E-state index >= 15 is 0 Å². The number of oxime groups is 1. The number of rotatable bonds is 5. The average molecular weight is 308 g/mol. The van der Waals surface area contributed by atoms with Gasteiger partial charge in [-0.1, -0.05) is 23.4 Å². The van der Waals surface area contributed by atoms with Crippen molar-refractivity contribution in [1.82, 2.24) is 5.32 Å². The second-order valence-corrected chi connectivity index (χ2v) is 5.29. The Morgan fingerprint density at radius 1 is 1.67 bits per heavy atom. The second-order valence-electron chi connectivity index (χ2n) is 4.35. The quantitative estimate of drug-likeness (QED) is 0.368. The van der Waals surface area contributed by atoms with Crippen molar-refractivity contribution in [3.05, 3.63) is 34.5 Å². The van der Waals surface area contributed by atoms with Gasteiger partial charge in [0.15, 0.2) is 5.71 Å². The van der Waals surface area contributed by atoms with E-state index in [1.54, 1.807) is 13.0 Å². The molecule has 2 N–H and O–H groups in total. The van der Waals surface area contributed by atoms with Gasteiger partial charge in [-0.25, -0.2) is 0 Å². The van der Waals surface area contributed by atoms with Gasteiger partial charge in [-0.3, -0.25) is 4.79 Å². The van der Waals surface area contributed by atoms with Crippen LogP contribution in [0.5, 0.6) is 0 Å². The maximum Gasteiger partial charge on any atom is 0.478 e. The topological polar surface area (TPSA) is 80.2 Å². The number of hydrogen-bond acceptors (Lipinski definition) is 6. The van der Waals surface area contributed by atoms with Crippen molar-refractivity contribution in [1.29, 1.82) is 0 Å². The predicted molar refractivity (Wildman–Crippen MR) is 82.1 cm³/mol. The minimum Gasteiger partial charge on any atom is -0.426 e. The number of nitrogens with zero attached hydrogens (tertiary/aromatic N) is 1. The molecule has 0 fully saturated rings. The highest BCUT2D eigenvalue weighted by Gasteiger charge is 2.30. The third-order valence-corrected chi connectivity index (χ3v) is 3.71. The van der Waals surface area contributed by atoms with E-state index in [0.29, 0.717) is 24.5 Å². The molecule has 0 saturated carbocycles. The maximum absolute atomic E-state index is 12.4. The molecule has 0 radical (unpaired) electrons. The van der Waals surface area contributed by atoms with E-state index < -0.39 is 19.0 Å². The SMILES string of the molecule is CCO/N=C(\C(=O)NC1CC=CCOB1O)c1cccs1. The largest absolute Gasteiger partial charge is 0.478 e. The first-order valence-corrected chi connectivity index (χ1v) is 7.59. The molecule has 1 unspecified atom stereocenters. The molecule has 1 aliphatic rings. The summed E-state index contributed by atoms with van der Waals surface area (Å²) in [6.45, 7) is 2.50. The zero-order valence-corrected chi connectivity index (χ0v) is 12.5. The Bertz CT molecular complexity index is 518. The number of carbonyl (C=O) groups excluding carboxylic acids is 1. The Hall–Kier alpha value is -1.64. The van der Waals surface area contributed by atoms with Crippen molar-refractivity contribution in [3.8, 4) is 0 Å². The number of thiophene rings is 1. The lowest BCUT2D eigenvalue weighted by molar-refractivity contribution is -0.115. The molecule has 6 nitrogen and oxygen atoms in total. The van der Waals surface area contributed by atoms with Gasteiger partial charge in [0.1, 0.15) is 6.61 Å². The van der Waals surface area contributed by atoms with Crippen LogP contribution in [0.25, 0.3) is 0 Å². The lowest BCUT2D eigenvalue weighted by Crippen LogP contribution is -2.49. The average Bonchev–Trinajstić information content (AvgIpc) is 2.92. The van der Waals surface area contributed by atoms with Gasteiger partial charge in [-0.05, 0) is 24.8 Å². The molecule has 21 heavy (non-hydrogen) atoms. The van der Waals surface area contributed by atoms with Crippen molar-refractivity contribution in [2.75, 3.05) is 13.2 Å². The molecule has 1 aromatic heterocycles. The Labute approximate surface area is 127 Å². The summed E-state index contributed by atoms with van der Waals surface area (Å²) in [5.74, 6) is -0.906. The molecule has 1 amide bonds. The Kier molecular flexibility index (Phi) is 5.97. The van der Waals surface area contributed by atoms with Gasteiger partial charge < -0.3 is 19.8 Å². The lowest BCUT2D eigenvalue weighted by atomic mass is 9.77. The van der Waals surface area contributed by atoms with Crippen LogP contribution in [0.1, 0.15) is 18.2 Å². The van der Waals surface area contributed by atoms with Crippen LogP contribution < -0.4 is 5.32 Å². The number of nitrogens with one attached hydrogen (secondary N) is 1. The first-order valence-electron chi connectivity index (χ1n) is 6.71. The summed E-state index contributed by atoms with van der Waals surface area (Å²) in [6.07, 6.45) is 4.18. The fraction of sp³-hybridized carbons (Fsp3) is 0.385. The highest BCUT2D eigenvalue weighted by atomic mass is 32.1. The van der Waals surface area contributed by atoms with Gasteiger partial charge in [0.25, 0.3) is 5.91 Å². The zero-order chi connectivity index (χ0) is 15.1. The second kappa shape index (κ2) is 7.97. The fourth-order valence-corrected chi connectivity index (χ4v) is 2.51. The van der Waals surface area contributed by atoms with Crippen molar-refractivity contribution in [2.24, 2.45) is 5.16 Å². The van der Waals surface area contributed by atoms with E-state index in [-0.39, 0.29) is 5.71 Å². The van der Waals surface area contributed by atoms with Crippen LogP contribution in [0, 0.1) is 0 Å². The molecule has 0 spiro atoms. The summed E-state index contributed by atoms with van der Waals surface area (Å²) in [5.41, 5.74) is 0.201. The molecule has 1 atom stereocenters. The van der Waals surface area contributed by atoms with Crippen molar-refractivity contribution in [3.63, 3.8) is 0 Å². The van der Waals surface area contributed by atoms with Gasteiger partial charge in [0, 0.05) is 6.61 Å². The Morgan fingerprint density at radius 2 is 2.52 bits per heavy atom. The van der Waals surface area contributed by atoms with Gasteiger partial charge >= 0.3 is 7.12 Å². The van der Waals surface area contributed by atoms with E-state index in [4.69, 9.17) is 9.49 Å². The first kappa shape index (κ1) is 15.7. The molecular formula is C13H17BN2O4S. The van der Waals surface area contributed by atoms with E-state index in [1.807, 2.05) is 23.6 Å². The van der Waals surface area contributed by atoms with Crippen molar-refractivity contribution < 1.29 is 19.3 Å². The third kappa shape index (κ3) is 4.42. The summed E-state index contributed by atoms with van der Waals surface area (Å²) in [5, 5.41) is 18.3. The Balaban J connectivity index is 2.09. The highest BCUT2D eigenvalue weighted by molar-refractivity contribution is 7.13. The van der Waals surface area contributed by atoms with E-state index in [2.05, 4.69) is 10.5 Å². The van der Waals surface area contributed by atoms with Crippen LogP contribution in [-0.2, 0) is 14.3 Å². The predicted octanol–water partition coefficient (Wildman–Crippen LogP) is 0.970. The van der Waals surface area contributed by atoms with Crippen molar-refractivity contribution >= 4 is 30.1 Å². The minimum absolute atomic E-state index is 0.201. The van der Waals surface area contributed by atoms with Gasteiger partial charge in [0.05, 0.1) is 10.8 Å². The molecular weight excluding hydrogens is 291 g/mol. The summed E-state index contributed by atoms with van der Waals surface area (Å²) < 4.78 is 5.15. The van der Waals surface area contributed by atoms with E-state index in [1.165, 1.54) is 11.3 Å². The molecule has 0 bridgehead atoms. The molecule has 8 heteroatoms. The first-order chi connectivity index (χ1) is 10.2. The summed E-state index contributed by atoms with van der Waals surface area (Å²) >= 11 is 1.40. The zero-order valence-electron chi connectivity index (χ0n) is 11.7. The molecule has 0 saturated heterocycles. The van der Waals surface area contributed by atoms with E-state index in [0.717, 1.165) is 0 Å². The monoisotopic (exact) mass is 308 g/mol. The van der Waals surface area contributed by atoms with Crippen LogP contribution >= 0.6 is 11.3 Å². The molecule has 0 aliphatic carbocycles. The van der Waals surface area contributed by atoms with Crippen LogP contribution in [-0.4, -0.2) is 42.9 Å². The molecule has 2 heterocycles. The van der Waals surface area contributed by atoms with E-state index in [9.17, 15) is 9.82 Å². The van der Waals surface area contributed by atoms with Gasteiger partial charge in [-0.2, -0.15) is 0 Å². The van der Waals surface area contributed by atoms with Crippen LogP contribution in [0.2, 0.25) is 0 Å². The van der Waals surface area contributed by atoms with Crippen LogP contribution in [0.4, 0.5) is 0 Å². The van der Waals surface area contributed by atoms with Gasteiger partial charge in [0.2, 0.25) is 0 Å². The number of amides is 1. The third-order valence-electron chi connectivity index (χ3n) is 2.84. The number of hydrogen-bond donors (Lipinski definition) is 2. The summed E-state index contributed by atoms with van der Waals surface area (Å²) in [7, 11) is -1.04. The standard InChI is InChI=1S/C13H17BN2O4S/c1-2-20-16-12(10-6-5-9-21-10)13(17)15-11-7-3-4-8-19-14(11)18/h3-6,9,11,18H,2,7-8H2,1H3,(H,15,17)/b16-12-. The summed E-state index contributed by atoms with van der Waals surface area (Å²) in [4.78, 5) is 18.1. The molecule has 2 rings (SSSR count). The van der Waals surface area contributed by atoms with Crippen LogP contribution in [0.15, 0.2) is 34.8 Å². The van der Waals surface area contributed by atoms with Crippen LogP contribution in [0.3, 0.4) is 0 Å². The maximum atomic E-state index is 12.4. The molecule has 1 aliphatic heterocycles.